The highest BCUT2D eigenvalue weighted by Crippen LogP contribution is 2.34. The molecule has 0 aliphatic heterocycles. The van der Waals surface area contributed by atoms with Gasteiger partial charge in [0.15, 0.2) is 4.90 Å². The van der Waals surface area contributed by atoms with Crippen LogP contribution in [0.4, 0.5) is 5.69 Å². The molecule has 0 aromatic heterocycles. The fourth-order valence-corrected chi connectivity index (χ4v) is 2.93. The number of hydrogen-bond acceptors (Lipinski definition) is 4. The van der Waals surface area contributed by atoms with Crippen LogP contribution >= 0.6 is 0 Å². The van der Waals surface area contributed by atoms with Crippen LogP contribution in [0.1, 0.15) is 15.9 Å². The summed E-state index contributed by atoms with van der Waals surface area (Å²) in [4.78, 5) is 11.7. The third kappa shape index (κ3) is 3.26. The van der Waals surface area contributed by atoms with Crippen molar-refractivity contribution in [2.45, 2.75) is 11.8 Å². The SMILES string of the molecule is COc1c(C)ccc(NC(=O)c2ccccc2)c1S(=O)(=O)O. The molecule has 2 N–H and O–H groups in total. The Bertz CT molecular complexity index is 800. The summed E-state index contributed by atoms with van der Waals surface area (Å²) in [5, 5.41) is 2.48. The highest BCUT2D eigenvalue weighted by molar-refractivity contribution is 7.86. The number of methoxy groups -OCH3 is 1. The maximum Gasteiger partial charge on any atom is 0.300 e. The number of ether oxygens (including phenoxy) is 1. The molecule has 0 aliphatic carbocycles. The summed E-state index contributed by atoms with van der Waals surface area (Å²) < 4.78 is 37.7. The van der Waals surface area contributed by atoms with Crippen LogP contribution in [0.5, 0.6) is 5.75 Å². The summed E-state index contributed by atoms with van der Waals surface area (Å²) in [6, 6.07) is 11.3. The van der Waals surface area contributed by atoms with Gasteiger partial charge in [-0.2, -0.15) is 8.42 Å². The topological polar surface area (TPSA) is 92.7 Å². The molecule has 0 saturated heterocycles. The molecule has 0 bridgehead atoms. The first kappa shape index (κ1) is 16.0. The van der Waals surface area contributed by atoms with E-state index in [4.69, 9.17) is 4.74 Å². The van der Waals surface area contributed by atoms with Crippen molar-refractivity contribution in [1.82, 2.24) is 0 Å². The second kappa shape index (κ2) is 6.17. The fourth-order valence-electron chi connectivity index (χ4n) is 2.05. The molecule has 2 aromatic carbocycles. The monoisotopic (exact) mass is 321 g/mol. The van der Waals surface area contributed by atoms with Gasteiger partial charge >= 0.3 is 0 Å². The van der Waals surface area contributed by atoms with Crippen LogP contribution in [0.3, 0.4) is 0 Å². The van der Waals surface area contributed by atoms with Crippen molar-refractivity contribution in [3.05, 3.63) is 53.6 Å². The number of carbonyl (C=O) groups is 1. The Morgan fingerprint density at radius 1 is 1.14 bits per heavy atom. The fraction of sp³-hybridized carbons (Fsp3) is 0.133. The van der Waals surface area contributed by atoms with Gasteiger partial charge in [-0.1, -0.05) is 24.3 Å². The molecule has 1 amide bonds. The average Bonchev–Trinajstić information content (AvgIpc) is 2.48. The Morgan fingerprint density at radius 2 is 1.77 bits per heavy atom. The minimum Gasteiger partial charge on any atom is -0.495 e. The van der Waals surface area contributed by atoms with Crippen molar-refractivity contribution in [2.75, 3.05) is 12.4 Å². The third-order valence-electron chi connectivity index (χ3n) is 3.06. The molecule has 7 heteroatoms. The van der Waals surface area contributed by atoms with Gasteiger partial charge in [0.1, 0.15) is 5.75 Å². The Labute approximate surface area is 128 Å². The van der Waals surface area contributed by atoms with Crippen molar-refractivity contribution in [3.63, 3.8) is 0 Å². The van der Waals surface area contributed by atoms with Gasteiger partial charge < -0.3 is 10.1 Å². The van der Waals surface area contributed by atoms with Gasteiger partial charge in [-0.15, -0.1) is 0 Å². The number of carbonyl (C=O) groups excluding carboxylic acids is 1. The van der Waals surface area contributed by atoms with Crippen LogP contribution < -0.4 is 10.1 Å². The van der Waals surface area contributed by atoms with Crippen LogP contribution in [0.15, 0.2) is 47.4 Å². The number of nitrogens with one attached hydrogen (secondary N) is 1. The standard InChI is InChI=1S/C15H15NO5S/c1-10-8-9-12(14(13(10)21-2)22(18,19)20)16-15(17)11-6-4-3-5-7-11/h3-9H,1-2H3,(H,16,17)(H,18,19,20). The number of rotatable bonds is 4. The molecule has 2 rings (SSSR count). The highest BCUT2D eigenvalue weighted by atomic mass is 32.2. The van der Waals surface area contributed by atoms with E-state index < -0.39 is 20.9 Å². The van der Waals surface area contributed by atoms with Crippen LogP contribution in [0, 0.1) is 6.92 Å². The van der Waals surface area contributed by atoms with Gasteiger partial charge in [0, 0.05) is 5.56 Å². The van der Waals surface area contributed by atoms with E-state index >= 15 is 0 Å². The smallest absolute Gasteiger partial charge is 0.300 e. The molecular weight excluding hydrogens is 306 g/mol. The molecule has 0 spiro atoms. The van der Waals surface area contributed by atoms with E-state index in [0.717, 1.165) is 0 Å². The Hall–Kier alpha value is -2.38. The van der Waals surface area contributed by atoms with Gasteiger partial charge in [0.25, 0.3) is 16.0 Å². The lowest BCUT2D eigenvalue weighted by Gasteiger charge is -2.14. The average molecular weight is 321 g/mol. The zero-order valence-corrected chi connectivity index (χ0v) is 12.8. The van der Waals surface area contributed by atoms with Crippen molar-refractivity contribution in [2.24, 2.45) is 0 Å². The number of anilines is 1. The normalized spacial score (nSPS) is 11.0. The Morgan fingerprint density at radius 3 is 2.32 bits per heavy atom. The Balaban J connectivity index is 2.50. The van der Waals surface area contributed by atoms with Crippen molar-refractivity contribution < 1.29 is 22.5 Å². The van der Waals surface area contributed by atoms with E-state index in [2.05, 4.69) is 5.32 Å². The minimum absolute atomic E-state index is 0.00615. The number of hydrogen-bond donors (Lipinski definition) is 2. The zero-order chi connectivity index (χ0) is 16.3. The van der Waals surface area contributed by atoms with Crippen LogP contribution in [-0.4, -0.2) is 26.0 Å². The van der Waals surface area contributed by atoms with Crippen molar-refractivity contribution in [3.8, 4) is 5.75 Å². The van der Waals surface area contributed by atoms with Crippen LogP contribution in [-0.2, 0) is 10.1 Å². The maximum atomic E-state index is 12.1. The van der Waals surface area contributed by atoms with Gasteiger partial charge in [-0.3, -0.25) is 9.35 Å². The predicted molar refractivity (Wildman–Crippen MR) is 81.9 cm³/mol. The lowest BCUT2D eigenvalue weighted by Crippen LogP contribution is -2.15. The molecule has 0 saturated carbocycles. The largest absolute Gasteiger partial charge is 0.495 e. The molecule has 116 valence electrons. The summed E-state index contributed by atoms with van der Waals surface area (Å²) in [7, 11) is -3.27. The molecule has 0 atom stereocenters. The molecular formula is C15H15NO5S. The first-order valence-electron chi connectivity index (χ1n) is 6.36. The lowest BCUT2D eigenvalue weighted by atomic mass is 10.1. The summed E-state index contributed by atoms with van der Waals surface area (Å²) in [6.45, 7) is 1.64. The van der Waals surface area contributed by atoms with E-state index in [-0.39, 0.29) is 11.4 Å². The summed E-state index contributed by atoms with van der Waals surface area (Å²) >= 11 is 0. The molecule has 0 radical (unpaired) electrons. The summed E-state index contributed by atoms with van der Waals surface area (Å²) in [5.41, 5.74) is 0.843. The zero-order valence-electron chi connectivity index (χ0n) is 12.0. The van der Waals surface area contributed by atoms with Crippen molar-refractivity contribution in [1.29, 1.82) is 0 Å². The third-order valence-corrected chi connectivity index (χ3v) is 3.98. The van der Waals surface area contributed by atoms with E-state index in [1.54, 1.807) is 43.3 Å². The first-order valence-corrected chi connectivity index (χ1v) is 7.80. The second-order valence-electron chi connectivity index (χ2n) is 4.59. The number of benzene rings is 2. The van der Waals surface area contributed by atoms with E-state index in [1.807, 2.05) is 0 Å². The van der Waals surface area contributed by atoms with E-state index in [9.17, 15) is 17.8 Å². The lowest BCUT2D eigenvalue weighted by molar-refractivity contribution is 0.102. The minimum atomic E-state index is -4.57. The first-order chi connectivity index (χ1) is 10.3. The van der Waals surface area contributed by atoms with Gasteiger partial charge in [0.05, 0.1) is 12.8 Å². The van der Waals surface area contributed by atoms with Gasteiger partial charge in [-0.25, -0.2) is 0 Å². The molecule has 22 heavy (non-hydrogen) atoms. The second-order valence-corrected chi connectivity index (χ2v) is 5.95. The molecule has 6 nitrogen and oxygen atoms in total. The van der Waals surface area contributed by atoms with Gasteiger partial charge in [-0.05, 0) is 30.7 Å². The van der Waals surface area contributed by atoms with Crippen LogP contribution in [0.2, 0.25) is 0 Å². The van der Waals surface area contributed by atoms with E-state index in [0.29, 0.717) is 11.1 Å². The molecule has 0 aliphatic rings. The number of amides is 1. The summed E-state index contributed by atoms with van der Waals surface area (Å²) in [5.74, 6) is -0.496. The predicted octanol–water partition coefficient (Wildman–Crippen LogP) is 2.50. The molecule has 0 unspecified atom stereocenters. The molecule has 0 heterocycles. The van der Waals surface area contributed by atoms with Crippen molar-refractivity contribution >= 4 is 21.7 Å². The molecule has 2 aromatic rings. The summed E-state index contributed by atoms with van der Waals surface area (Å²) in [6.07, 6.45) is 0. The number of aryl methyl sites for hydroxylation is 1. The van der Waals surface area contributed by atoms with Gasteiger partial charge in [0.2, 0.25) is 0 Å². The maximum absolute atomic E-state index is 12.1. The highest BCUT2D eigenvalue weighted by Gasteiger charge is 2.24. The quantitative estimate of drug-likeness (QED) is 0.844. The Kier molecular flexibility index (Phi) is 4.48. The van der Waals surface area contributed by atoms with Crippen LogP contribution in [0.25, 0.3) is 0 Å². The van der Waals surface area contributed by atoms with E-state index in [1.165, 1.54) is 13.2 Å². The molecule has 0 fully saturated rings.